The van der Waals surface area contributed by atoms with Gasteiger partial charge in [-0.05, 0) is 56.2 Å². The molecule has 1 aromatic carbocycles. The topological polar surface area (TPSA) is 51.5 Å². The summed E-state index contributed by atoms with van der Waals surface area (Å²) in [5.41, 5.74) is 4.38. The first kappa shape index (κ1) is 13.8. The Morgan fingerprint density at radius 1 is 1.18 bits per heavy atom. The number of aromatic nitrogens is 1. The second-order valence-corrected chi connectivity index (χ2v) is 6.38. The van der Waals surface area contributed by atoms with Crippen molar-refractivity contribution in [2.45, 2.75) is 44.6 Å². The van der Waals surface area contributed by atoms with Gasteiger partial charge in [-0.15, -0.1) is 0 Å². The number of aryl methyl sites for hydroxylation is 1. The van der Waals surface area contributed by atoms with E-state index in [0.717, 1.165) is 44.4 Å². The van der Waals surface area contributed by atoms with E-state index in [-0.39, 0.29) is 0 Å². The smallest absolute Gasteiger partial charge is 0.335 e. The van der Waals surface area contributed by atoms with E-state index in [4.69, 9.17) is 4.74 Å². The van der Waals surface area contributed by atoms with Crippen molar-refractivity contribution in [1.29, 1.82) is 0 Å². The third-order valence-corrected chi connectivity index (χ3v) is 5.11. The van der Waals surface area contributed by atoms with Crippen molar-refractivity contribution in [3.63, 3.8) is 0 Å². The van der Waals surface area contributed by atoms with Gasteiger partial charge in [0.2, 0.25) is 0 Å². The van der Waals surface area contributed by atoms with Crippen LogP contribution in [0.1, 0.15) is 53.3 Å². The highest BCUT2D eigenvalue weighted by atomic mass is 16.5. The molecule has 1 saturated heterocycles. The van der Waals surface area contributed by atoms with E-state index < -0.39 is 5.97 Å². The van der Waals surface area contributed by atoms with Crippen molar-refractivity contribution in [2.24, 2.45) is 0 Å². The molecule has 1 aliphatic carbocycles. The van der Waals surface area contributed by atoms with Crippen LogP contribution < -0.4 is 0 Å². The van der Waals surface area contributed by atoms with Crippen LogP contribution >= 0.6 is 0 Å². The van der Waals surface area contributed by atoms with Gasteiger partial charge in [0, 0.05) is 35.9 Å². The average Bonchev–Trinajstić information content (AvgIpc) is 2.89. The van der Waals surface area contributed by atoms with Crippen molar-refractivity contribution in [3.05, 3.63) is 35.0 Å². The number of benzene rings is 1. The normalized spacial score (nSPS) is 19.3. The molecule has 0 atom stereocenters. The second-order valence-electron chi connectivity index (χ2n) is 6.38. The summed E-state index contributed by atoms with van der Waals surface area (Å²) in [4.78, 5) is 11.3. The summed E-state index contributed by atoms with van der Waals surface area (Å²) < 4.78 is 7.95. The third kappa shape index (κ3) is 2.13. The average molecular weight is 299 g/mol. The summed E-state index contributed by atoms with van der Waals surface area (Å²) in [6.07, 6.45) is 6.75. The number of rotatable bonds is 2. The Hall–Kier alpha value is -1.81. The lowest BCUT2D eigenvalue weighted by Gasteiger charge is -2.28. The Morgan fingerprint density at radius 3 is 2.73 bits per heavy atom. The molecule has 0 amide bonds. The molecule has 1 N–H and O–H groups in total. The maximum Gasteiger partial charge on any atom is 0.335 e. The number of carboxylic acid groups (broad SMARTS) is 1. The molecular formula is C18H21NO3. The van der Waals surface area contributed by atoms with E-state index >= 15 is 0 Å². The minimum absolute atomic E-state index is 0.385. The molecule has 2 heterocycles. The van der Waals surface area contributed by atoms with Gasteiger partial charge in [0.05, 0.1) is 5.56 Å². The quantitative estimate of drug-likeness (QED) is 0.922. The number of ether oxygens (including phenoxy) is 1. The fraction of sp³-hybridized carbons (Fsp3) is 0.500. The van der Waals surface area contributed by atoms with Crippen molar-refractivity contribution >= 4 is 16.9 Å². The predicted octanol–water partition coefficient (Wildman–Crippen LogP) is 3.57. The van der Waals surface area contributed by atoms with Gasteiger partial charge in [-0.25, -0.2) is 4.79 Å². The molecule has 1 aliphatic heterocycles. The highest BCUT2D eigenvalue weighted by Crippen LogP contribution is 2.37. The minimum Gasteiger partial charge on any atom is -0.478 e. The van der Waals surface area contributed by atoms with Crippen molar-refractivity contribution in [2.75, 3.05) is 13.2 Å². The van der Waals surface area contributed by atoms with Crippen LogP contribution in [0.4, 0.5) is 0 Å². The van der Waals surface area contributed by atoms with Gasteiger partial charge in [-0.1, -0.05) is 6.07 Å². The van der Waals surface area contributed by atoms with E-state index in [2.05, 4.69) is 4.57 Å². The maximum absolute atomic E-state index is 11.3. The lowest BCUT2D eigenvalue weighted by atomic mass is 9.95. The van der Waals surface area contributed by atoms with E-state index in [1.54, 1.807) is 6.07 Å². The van der Waals surface area contributed by atoms with Crippen LogP contribution in [0.5, 0.6) is 0 Å². The number of aromatic carboxylic acids is 1. The lowest BCUT2D eigenvalue weighted by Crippen LogP contribution is -2.22. The van der Waals surface area contributed by atoms with Gasteiger partial charge in [0.25, 0.3) is 0 Å². The zero-order chi connectivity index (χ0) is 15.1. The van der Waals surface area contributed by atoms with Crippen molar-refractivity contribution in [1.82, 2.24) is 4.57 Å². The standard InChI is InChI=1S/C18H21NO3/c20-18(21)12-5-6-15-14-3-1-2-4-16(14)19(17(15)11-12)13-7-9-22-10-8-13/h5-6,11,13H,1-4,7-10H2,(H,20,21). The molecule has 2 aromatic rings. The molecule has 0 saturated carbocycles. The van der Waals surface area contributed by atoms with Gasteiger partial charge in [-0.2, -0.15) is 0 Å². The van der Waals surface area contributed by atoms with Crippen LogP contribution in [0.2, 0.25) is 0 Å². The van der Waals surface area contributed by atoms with Crippen LogP contribution in [0.3, 0.4) is 0 Å². The van der Waals surface area contributed by atoms with E-state index in [9.17, 15) is 9.90 Å². The fourth-order valence-electron chi connectivity index (χ4n) is 4.07. The Morgan fingerprint density at radius 2 is 1.95 bits per heavy atom. The predicted molar refractivity (Wildman–Crippen MR) is 84.6 cm³/mol. The highest BCUT2D eigenvalue weighted by Gasteiger charge is 2.26. The summed E-state index contributed by atoms with van der Waals surface area (Å²) in [5.74, 6) is -0.848. The molecule has 116 valence electrons. The van der Waals surface area contributed by atoms with Gasteiger partial charge >= 0.3 is 5.97 Å². The molecule has 1 fully saturated rings. The zero-order valence-electron chi connectivity index (χ0n) is 12.7. The summed E-state index contributed by atoms with van der Waals surface area (Å²) >= 11 is 0. The van der Waals surface area contributed by atoms with E-state index in [1.165, 1.54) is 29.5 Å². The molecule has 4 nitrogen and oxygen atoms in total. The molecule has 2 aliphatic rings. The van der Waals surface area contributed by atoms with Crippen LogP contribution in [0, 0.1) is 0 Å². The number of fused-ring (bicyclic) bond motifs is 3. The largest absolute Gasteiger partial charge is 0.478 e. The Balaban J connectivity index is 1.94. The summed E-state index contributed by atoms with van der Waals surface area (Å²) in [6.45, 7) is 1.61. The zero-order valence-corrected chi connectivity index (χ0v) is 12.7. The number of hydrogen-bond acceptors (Lipinski definition) is 2. The molecular weight excluding hydrogens is 278 g/mol. The molecule has 1 aromatic heterocycles. The molecule has 0 spiro atoms. The van der Waals surface area contributed by atoms with Crippen LogP contribution in [0.25, 0.3) is 10.9 Å². The Kier molecular flexibility index (Phi) is 3.41. The monoisotopic (exact) mass is 299 g/mol. The van der Waals surface area contributed by atoms with Gasteiger partial charge < -0.3 is 14.4 Å². The van der Waals surface area contributed by atoms with Crippen molar-refractivity contribution in [3.8, 4) is 0 Å². The Labute approximate surface area is 129 Å². The SMILES string of the molecule is O=C(O)c1ccc2c3c(n(C4CCOCC4)c2c1)CCCC3. The van der Waals surface area contributed by atoms with Crippen LogP contribution in [-0.2, 0) is 17.6 Å². The molecule has 0 radical (unpaired) electrons. The Bertz CT molecular complexity index is 725. The first-order chi connectivity index (χ1) is 10.8. The number of hydrogen-bond donors (Lipinski definition) is 1. The van der Waals surface area contributed by atoms with Crippen LogP contribution in [0.15, 0.2) is 18.2 Å². The maximum atomic E-state index is 11.3. The highest BCUT2D eigenvalue weighted by molar-refractivity contribution is 5.95. The first-order valence-electron chi connectivity index (χ1n) is 8.22. The van der Waals surface area contributed by atoms with Gasteiger partial charge in [0.15, 0.2) is 0 Å². The summed E-state index contributed by atoms with van der Waals surface area (Å²) in [7, 11) is 0. The molecule has 0 bridgehead atoms. The summed E-state index contributed by atoms with van der Waals surface area (Å²) in [6, 6.07) is 6.07. The molecule has 22 heavy (non-hydrogen) atoms. The second kappa shape index (κ2) is 5.43. The minimum atomic E-state index is -0.848. The van der Waals surface area contributed by atoms with E-state index in [0.29, 0.717) is 11.6 Å². The number of carbonyl (C=O) groups is 1. The van der Waals surface area contributed by atoms with Crippen LogP contribution in [-0.4, -0.2) is 28.9 Å². The van der Waals surface area contributed by atoms with Gasteiger partial charge in [0.1, 0.15) is 0 Å². The van der Waals surface area contributed by atoms with E-state index in [1.807, 2.05) is 12.1 Å². The number of nitrogens with zero attached hydrogens (tertiary/aromatic N) is 1. The molecule has 0 unspecified atom stereocenters. The third-order valence-electron chi connectivity index (χ3n) is 5.11. The fourth-order valence-corrected chi connectivity index (χ4v) is 4.07. The lowest BCUT2D eigenvalue weighted by molar-refractivity contribution is 0.0690. The molecule has 4 heteroatoms. The number of carboxylic acids is 1. The van der Waals surface area contributed by atoms with Crippen molar-refractivity contribution < 1.29 is 14.6 Å². The molecule has 4 rings (SSSR count). The van der Waals surface area contributed by atoms with Gasteiger partial charge in [-0.3, -0.25) is 0 Å². The first-order valence-corrected chi connectivity index (χ1v) is 8.22. The summed E-state index contributed by atoms with van der Waals surface area (Å²) in [5, 5.41) is 10.6.